The summed E-state index contributed by atoms with van der Waals surface area (Å²) in [6, 6.07) is 5.83. The van der Waals surface area contributed by atoms with Gasteiger partial charge in [-0.3, -0.25) is 10.1 Å². The zero-order valence-electron chi connectivity index (χ0n) is 16.0. The van der Waals surface area contributed by atoms with Gasteiger partial charge in [-0.2, -0.15) is 8.42 Å². The maximum atomic E-state index is 12.8. The van der Waals surface area contributed by atoms with E-state index in [2.05, 4.69) is 5.32 Å². The summed E-state index contributed by atoms with van der Waals surface area (Å²) in [7, 11) is -4.41. The van der Waals surface area contributed by atoms with Crippen molar-refractivity contribution in [3.05, 3.63) is 54.1 Å². The zero-order valence-corrected chi connectivity index (χ0v) is 16.8. The molecule has 0 bridgehead atoms. The highest BCUT2D eigenvalue weighted by Crippen LogP contribution is 2.31. The Morgan fingerprint density at radius 3 is 2.29 bits per heavy atom. The van der Waals surface area contributed by atoms with E-state index in [9.17, 15) is 23.1 Å². The first-order valence-electron chi connectivity index (χ1n) is 8.47. The highest BCUT2D eigenvalue weighted by atomic mass is 32.2. The number of rotatable bonds is 5. The molecule has 1 aliphatic carbocycles. The number of nitrogens with one attached hydrogen (secondary N) is 1. The van der Waals surface area contributed by atoms with Crippen LogP contribution in [0, 0.1) is 12.8 Å². The van der Waals surface area contributed by atoms with E-state index in [4.69, 9.17) is 8.92 Å². The Bertz CT molecular complexity index is 911. The zero-order chi connectivity index (χ0) is 21.2. The van der Waals surface area contributed by atoms with Gasteiger partial charge in [-0.15, -0.1) is 0 Å². The Balaban J connectivity index is 2.45. The van der Waals surface area contributed by atoms with Crippen LogP contribution in [-0.2, 0) is 23.8 Å². The van der Waals surface area contributed by atoms with Gasteiger partial charge in [0.25, 0.3) is 10.1 Å². The summed E-state index contributed by atoms with van der Waals surface area (Å²) in [6.07, 6.45) is 4.20. The summed E-state index contributed by atoms with van der Waals surface area (Å²) < 4.78 is 36.0. The minimum atomic E-state index is -4.41. The Kier molecular flexibility index (Phi) is 6.00. The lowest BCUT2D eigenvalue weighted by Gasteiger charge is -2.36. The van der Waals surface area contributed by atoms with E-state index >= 15 is 0 Å². The molecule has 152 valence electrons. The summed E-state index contributed by atoms with van der Waals surface area (Å²) >= 11 is 0. The van der Waals surface area contributed by atoms with Gasteiger partial charge in [0.1, 0.15) is 11.5 Å². The third kappa shape index (κ3) is 5.20. The largest absolute Gasteiger partial charge is 0.481 e. The fourth-order valence-corrected chi connectivity index (χ4v) is 3.63. The predicted molar refractivity (Wildman–Crippen MR) is 101 cm³/mol. The monoisotopic (exact) mass is 409 g/mol. The minimum absolute atomic E-state index is 0.171. The summed E-state index contributed by atoms with van der Waals surface area (Å²) in [5.41, 5.74) is -2.23. The molecule has 1 amide bonds. The third-order valence-corrected chi connectivity index (χ3v) is 5.08. The number of carbonyl (C=O) groups excluding carboxylic acids is 1. The van der Waals surface area contributed by atoms with Crippen LogP contribution >= 0.6 is 0 Å². The second kappa shape index (κ2) is 7.76. The number of benzene rings is 1. The molecule has 1 aromatic carbocycles. The van der Waals surface area contributed by atoms with Gasteiger partial charge in [0.2, 0.25) is 0 Å². The molecule has 0 saturated carbocycles. The van der Waals surface area contributed by atoms with Crippen LogP contribution in [-0.4, -0.2) is 36.9 Å². The lowest BCUT2D eigenvalue weighted by atomic mass is 9.91. The number of carboxylic acids is 1. The van der Waals surface area contributed by atoms with Crippen molar-refractivity contribution in [1.82, 2.24) is 5.32 Å². The van der Waals surface area contributed by atoms with Gasteiger partial charge in [0.15, 0.2) is 5.72 Å². The van der Waals surface area contributed by atoms with Crippen molar-refractivity contribution in [2.75, 3.05) is 0 Å². The van der Waals surface area contributed by atoms with Gasteiger partial charge in [-0.05, 0) is 45.9 Å². The lowest BCUT2D eigenvalue weighted by Crippen LogP contribution is -2.58. The fourth-order valence-electron chi connectivity index (χ4n) is 2.50. The molecule has 0 heterocycles. The van der Waals surface area contributed by atoms with Crippen LogP contribution in [0.15, 0.2) is 53.5 Å². The molecule has 2 rings (SSSR count). The number of aryl methyl sites for hydroxylation is 1. The Morgan fingerprint density at radius 1 is 1.14 bits per heavy atom. The molecule has 8 nitrogen and oxygen atoms in total. The maximum absolute atomic E-state index is 12.8. The molecule has 0 radical (unpaired) electrons. The molecular formula is C19H23NO7S. The minimum Gasteiger partial charge on any atom is -0.481 e. The molecule has 0 fully saturated rings. The van der Waals surface area contributed by atoms with Crippen molar-refractivity contribution >= 4 is 22.2 Å². The van der Waals surface area contributed by atoms with Crippen LogP contribution in [0.5, 0.6) is 0 Å². The van der Waals surface area contributed by atoms with E-state index in [1.807, 2.05) is 0 Å². The highest BCUT2D eigenvalue weighted by Gasteiger charge is 2.48. The summed E-state index contributed by atoms with van der Waals surface area (Å²) in [5, 5.41) is 11.8. The first kappa shape index (κ1) is 21.6. The van der Waals surface area contributed by atoms with Gasteiger partial charge < -0.3 is 9.84 Å². The number of ether oxygens (including phenoxy) is 1. The molecule has 9 heteroatoms. The van der Waals surface area contributed by atoms with Crippen LogP contribution in [0.2, 0.25) is 0 Å². The second-order valence-corrected chi connectivity index (χ2v) is 8.88. The van der Waals surface area contributed by atoms with Crippen LogP contribution < -0.4 is 5.32 Å². The molecule has 28 heavy (non-hydrogen) atoms. The molecule has 1 aliphatic rings. The molecule has 1 aromatic rings. The van der Waals surface area contributed by atoms with Gasteiger partial charge in [0, 0.05) is 0 Å². The molecule has 0 aliphatic heterocycles. The fraction of sp³-hybridized carbons (Fsp3) is 0.368. The Morgan fingerprint density at radius 2 is 1.75 bits per heavy atom. The number of hydrogen-bond acceptors (Lipinski definition) is 6. The number of allylic oxidation sites excluding steroid dienone is 2. The van der Waals surface area contributed by atoms with Crippen molar-refractivity contribution in [1.29, 1.82) is 0 Å². The van der Waals surface area contributed by atoms with Crippen LogP contribution in [0.3, 0.4) is 0 Å². The van der Waals surface area contributed by atoms with E-state index in [-0.39, 0.29) is 4.90 Å². The van der Waals surface area contributed by atoms with Gasteiger partial charge in [0.05, 0.1) is 4.90 Å². The van der Waals surface area contributed by atoms with E-state index in [1.54, 1.807) is 39.8 Å². The normalized spacial score (nSPS) is 21.9. The number of carboxylic acid groups (broad SMARTS) is 1. The average molecular weight is 409 g/mol. The van der Waals surface area contributed by atoms with E-state index in [0.29, 0.717) is 0 Å². The van der Waals surface area contributed by atoms with Crippen molar-refractivity contribution in [3.8, 4) is 0 Å². The van der Waals surface area contributed by atoms with Crippen molar-refractivity contribution in [2.24, 2.45) is 5.92 Å². The maximum Gasteiger partial charge on any atom is 0.410 e. The smallest absolute Gasteiger partial charge is 0.410 e. The van der Waals surface area contributed by atoms with Crippen LogP contribution in [0.25, 0.3) is 0 Å². The molecule has 2 unspecified atom stereocenters. The first-order valence-corrected chi connectivity index (χ1v) is 9.88. The summed E-state index contributed by atoms with van der Waals surface area (Å²) in [5.74, 6) is -2.87. The van der Waals surface area contributed by atoms with Gasteiger partial charge >= 0.3 is 12.1 Å². The lowest BCUT2D eigenvalue weighted by molar-refractivity contribution is -0.145. The van der Waals surface area contributed by atoms with Crippen molar-refractivity contribution in [2.45, 2.75) is 43.9 Å². The molecular weight excluding hydrogens is 386 g/mol. The molecule has 0 aromatic heterocycles. The third-order valence-electron chi connectivity index (χ3n) is 3.74. The number of aliphatic carboxylic acids is 1. The highest BCUT2D eigenvalue weighted by molar-refractivity contribution is 7.86. The quantitative estimate of drug-likeness (QED) is 0.567. The predicted octanol–water partition coefficient (Wildman–Crippen LogP) is 2.75. The van der Waals surface area contributed by atoms with E-state index < -0.39 is 39.4 Å². The Labute approximate surface area is 164 Å². The second-order valence-electron chi connectivity index (χ2n) is 7.33. The molecule has 2 atom stereocenters. The number of amides is 1. The van der Waals surface area contributed by atoms with Crippen molar-refractivity contribution < 1.29 is 32.0 Å². The first-order chi connectivity index (χ1) is 12.8. The van der Waals surface area contributed by atoms with Crippen LogP contribution in [0.1, 0.15) is 26.3 Å². The van der Waals surface area contributed by atoms with Gasteiger partial charge in [-0.1, -0.05) is 35.9 Å². The van der Waals surface area contributed by atoms with Crippen LogP contribution in [0.4, 0.5) is 4.79 Å². The Hall–Kier alpha value is -2.65. The number of carbonyl (C=O) groups is 2. The number of hydrogen-bond donors (Lipinski definition) is 2. The van der Waals surface area contributed by atoms with E-state index in [1.165, 1.54) is 36.4 Å². The van der Waals surface area contributed by atoms with Crippen molar-refractivity contribution in [3.63, 3.8) is 0 Å². The number of alkyl carbamates (subject to hydrolysis) is 1. The molecule has 0 saturated heterocycles. The van der Waals surface area contributed by atoms with Gasteiger partial charge in [-0.25, -0.2) is 8.98 Å². The topological polar surface area (TPSA) is 119 Å². The average Bonchev–Trinajstić information content (AvgIpc) is 2.52. The SMILES string of the molecule is Cc1ccc(S(=O)(=O)OC2(NC(=O)OC(C)(C)C)C=CC=CC2C(=O)O)cc1. The molecule has 2 N–H and O–H groups in total. The standard InChI is InChI=1S/C19H23NO7S/c1-13-8-10-14(11-9-13)28(24,25)27-19(20-17(23)26-18(2,3)4)12-6-5-7-15(19)16(21)22/h5-12,15H,1-4H3,(H,20,23)(H,21,22). The summed E-state index contributed by atoms with van der Waals surface area (Å²) in [6.45, 7) is 6.65. The van der Waals surface area contributed by atoms with E-state index in [0.717, 1.165) is 5.56 Å². The summed E-state index contributed by atoms with van der Waals surface area (Å²) in [4.78, 5) is 23.9. The molecule has 0 spiro atoms.